The van der Waals surface area contributed by atoms with Crippen molar-refractivity contribution in [3.63, 3.8) is 0 Å². The van der Waals surface area contributed by atoms with Gasteiger partial charge >= 0.3 is 5.69 Å². The summed E-state index contributed by atoms with van der Waals surface area (Å²) in [6.45, 7) is 0.663. The zero-order valence-electron chi connectivity index (χ0n) is 15.1. The van der Waals surface area contributed by atoms with E-state index in [1.54, 1.807) is 42.6 Å². The number of aromatic nitrogens is 3. The molecule has 0 aliphatic rings. The molecule has 0 fully saturated rings. The van der Waals surface area contributed by atoms with Crippen molar-refractivity contribution in [2.24, 2.45) is 7.05 Å². The van der Waals surface area contributed by atoms with Crippen molar-refractivity contribution in [2.75, 3.05) is 28.3 Å². The fourth-order valence-electron chi connectivity index (χ4n) is 2.85. The number of rotatable bonds is 5. The number of fused-ring (bicyclic) bond motifs is 1. The van der Waals surface area contributed by atoms with Crippen molar-refractivity contribution in [1.29, 1.82) is 0 Å². The van der Waals surface area contributed by atoms with Crippen LogP contribution in [0.3, 0.4) is 0 Å². The standard InChI is InChI=1S/C18H22N4O3/c1-20(2)9-13-10-22-17(19-13)14(11-21(3)18(22)23)12-6-7-15(24-4)16(8-12)25-5/h6-8,10-11H,9H2,1-5H3. The maximum absolute atomic E-state index is 12.5. The van der Waals surface area contributed by atoms with Crippen LogP contribution in [0.4, 0.5) is 0 Å². The van der Waals surface area contributed by atoms with Crippen LogP contribution in [0.25, 0.3) is 16.8 Å². The normalized spacial score (nSPS) is 11.3. The van der Waals surface area contributed by atoms with Gasteiger partial charge in [0.25, 0.3) is 0 Å². The Morgan fingerprint density at radius 2 is 1.84 bits per heavy atom. The summed E-state index contributed by atoms with van der Waals surface area (Å²) in [6, 6.07) is 5.67. The molecule has 7 nitrogen and oxygen atoms in total. The molecule has 0 unspecified atom stereocenters. The zero-order chi connectivity index (χ0) is 18.1. The molecule has 0 aliphatic heterocycles. The van der Waals surface area contributed by atoms with Crippen LogP contribution in [-0.4, -0.2) is 47.2 Å². The quantitative estimate of drug-likeness (QED) is 0.707. The Morgan fingerprint density at radius 3 is 2.48 bits per heavy atom. The summed E-state index contributed by atoms with van der Waals surface area (Å²) in [5.41, 5.74) is 3.10. The van der Waals surface area contributed by atoms with Crippen LogP contribution in [0.2, 0.25) is 0 Å². The Bertz CT molecular complexity index is 972. The van der Waals surface area contributed by atoms with Gasteiger partial charge in [0.15, 0.2) is 17.1 Å². The Labute approximate surface area is 146 Å². The largest absolute Gasteiger partial charge is 0.493 e. The van der Waals surface area contributed by atoms with Gasteiger partial charge in [0.1, 0.15) is 0 Å². The number of benzene rings is 1. The van der Waals surface area contributed by atoms with Gasteiger partial charge in [-0.1, -0.05) is 6.07 Å². The molecular formula is C18H22N4O3. The second-order valence-electron chi connectivity index (χ2n) is 6.17. The van der Waals surface area contributed by atoms with Crippen LogP contribution in [0.5, 0.6) is 11.5 Å². The van der Waals surface area contributed by atoms with Crippen LogP contribution >= 0.6 is 0 Å². The van der Waals surface area contributed by atoms with E-state index in [-0.39, 0.29) is 5.69 Å². The van der Waals surface area contributed by atoms with Crippen molar-refractivity contribution in [1.82, 2.24) is 18.9 Å². The second kappa shape index (κ2) is 6.60. The number of hydrogen-bond donors (Lipinski definition) is 0. The van der Waals surface area contributed by atoms with Gasteiger partial charge in [-0.25, -0.2) is 9.78 Å². The molecule has 2 heterocycles. The Hall–Kier alpha value is -2.80. The summed E-state index contributed by atoms with van der Waals surface area (Å²) in [6.07, 6.45) is 3.59. The molecule has 25 heavy (non-hydrogen) atoms. The van der Waals surface area contributed by atoms with E-state index in [4.69, 9.17) is 9.47 Å². The number of aryl methyl sites for hydroxylation is 1. The van der Waals surface area contributed by atoms with Gasteiger partial charge in [0.2, 0.25) is 0 Å². The SMILES string of the molecule is COc1ccc(-c2cn(C)c(=O)n3cc(CN(C)C)nc23)cc1OC. The van der Waals surface area contributed by atoms with Crippen molar-refractivity contribution >= 4 is 5.65 Å². The minimum absolute atomic E-state index is 0.128. The molecule has 0 aliphatic carbocycles. The summed E-state index contributed by atoms with van der Waals surface area (Å²) in [7, 11) is 8.87. The highest BCUT2D eigenvalue weighted by Crippen LogP contribution is 2.33. The molecule has 7 heteroatoms. The minimum Gasteiger partial charge on any atom is -0.493 e. The number of hydrogen-bond acceptors (Lipinski definition) is 5. The van der Waals surface area contributed by atoms with E-state index in [0.29, 0.717) is 23.7 Å². The predicted octanol–water partition coefficient (Wildman–Crippen LogP) is 1.78. The first-order valence-corrected chi connectivity index (χ1v) is 7.89. The van der Waals surface area contributed by atoms with Crippen molar-refractivity contribution < 1.29 is 9.47 Å². The van der Waals surface area contributed by atoms with Crippen molar-refractivity contribution in [2.45, 2.75) is 6.54 Å². The first kappa shape index (κ1) is 17.0. The van der Waals surface area contributed by atoms with Gasteiger partial charge < -0.3 is 18.9 Å². The van der Waals surface area contributed by atoms with Crippen LogP contribution in [0, 0.1) is 0 Å². The molecule has 2 aromatic heterocycles. The summed E-state index contributed by atoms with van der Waals surface area (Å²) < 4.78 is 13.8. The van der Waals surface area contributed by atoms with Gasteiger partial charge in [0, 0.05) is 31.5 Å². The summed E-state index contributed by atoms with van der Waals surface area (Å²) in [5.74, 6) is 1.29. The summed E-state index contributed by atoms with van der Waals surface area (Å²) >= 11 is 0. The summed E-state index contributed by atoms with van der Waals surface area (Å²) in [5, 5.41) is 0. The van der Waals surface area contributed by atoms with Crippen LogP contribution in [-0.2, 0) is 13.6 Å². The topological polar surface area (TPSA) is 61.0 Å². The Balaban J connectivity index is 2.23. The maximum Gasteiger partial charge on any atom is 0.333 e. The highest BCUT2D eigenvalue weighted by atomic mass is 16.5. The average molecular weight is 342 g/mol. The number of nitrogens with zero attached hydrogens (tertiary/aromatic N) is 4. The maximum atomic E-state index is 12.5. The van der Waals surface area contributed by atoms with Crippen LogP contribution in [0.15, 0.2) is 35.4 Å². The van der Waals surface area contributed by atoms with Gasteiger partial charge in [-0.2, -0.15) is 0 Å². The molecule has 0 spiro atoms. The number of ether oxygens (including phenoxy) is 2. The van der Waals surface area contributed by atoms with Crippen molar-refractivity contribution in [3.8, 4) is 22.6 Å². The fraction of sp³-hybridized carbons (Fsp3) is 0.333. The van der Waals surface area contributed by atoms with E-state index in [1.807, 2.05) is 37.2 Å². The van der Waals surface area contributed by atoms with Gasteiger partial charge in [-0.05, 0) is 31.8 Å². The van der Waals surface area contributed by atoms with Crippen molar-refractivity contribution in [3.05, 3.63) is 46.8 Å². The lowest BCUT2D eigenvalue weighted by atomic mass is 10.1. The van der Waals surface area contributed by atoms with E-state index < -0.39 is 0 Å². The predicted molar refractivity (Wildman–Crippen MR) is 96.4 cm³/mol. The molecule has 0 radical (unpaired) electrons. The molecule has 0 amide bonds. The van der Waals surface area contributed by atoms with Gasteiger partial charge in [-0.3, -0.25) is 4.40 Å². The molecule has 0 bridgehead atoms. The van der Waals surface area contributed by atoms with Gasteiger partial charge in [-0.15, -0.1) is 0 Å². The molecular weight excluding hydrogens is 320 g/mol. The molecule has 0 atom stereocenters. The Kier molecular flexibility index (Phi) is 4.50. The molecule has 1 aromatic carbocycles. The van der Waals surface area contributed by atoms with E-state index in [0.717, 1.165) is 16.8 Å². The highest BCUT2D eigenvalue weighted by Gasteiger charge is 2.15. The zero-order valence-corrected chi connectivity index (χ0v) is 15.1. The smallest absolute Gasteiger partial charge is 0.333 e. The molecule has 0 saturated carbocycles. The lowest BCUT2D eigenvalue weighted by Gasteiger charge is -2.11. The molecule has 132 valence electrons. The fourth-order valence-corrected chi connectivity index (χ4v) is 2.85. The first-order chi connectivity index (χ1) is 11.9. The Morgan fingerprint density at radius 1 is 1.12 bits per heavy atom. The van der Waals surface area contributed by atoms with E-state index >= 15 is 0 Å². The minimum atomic E-state index is -0.128. The monoisotopic (exact) mass is 342 g/mol. The van der Waals surface area contributed by atoms with E-state index in [2.05, 4.69) is 4.98 Å². The van der Waals surface area contributed by atoms with E-state index in [1.165, 1.54) is 0 Å². The molecule has 0 N–H and O–H groups in total. The third-order valence-corrected chi connectivity index (χ3v) is 4.00. The number of methoxy groups -OCH3 is 2. The second-order valence-corrected chi connectivity index (χ2v) is 6.17. The third kappa shape index (κ3) is 3.10. The van der Waals surface area contributed by atoms with Crippen LogP contribution in [0.1, 0.15) is 5.69 Å². The molecule has 3 aromatic rings. The average Bonchev–Trinajstić information content (AvgIpc) is 3.00. The first-order valence-electron chi connectivity index (χ1n) is 7.89. The third-order valence-electron chi connectivity index (χ3n) is 4.00. The molecule has 0 saturated heterocycles. The van der Waals surface area contributed by atoms with Gasteiger partial charge in [0.05, 0.1) is 19.9 Å². The number of imidazole rings is 1. The van der Waals surface area contributed by atoms with Crippen LogP contribution < -0.4 is 15.2 Å². The van der Waals surface area contributed by atoms with E-state index in [9.17, 15) is 4.79 Å². The molecule has 3 rings (SSSR count). The lowest BCUT2D eigenvalue weighted by Crippen LogP contribution is -2.23. The highest BCUT2D eigenvalue weighted by molar-refractivity contribution is 5.78. The lowest BCUT2D eigenvalue weighted by molar-refractivity contribution is 0.355. The summed E-state index contributed by atoms with van der Waals surface area (Å²) in [4.78, 5) is 19.1.